The van der Waals surface area contributed by atoms with E-state index < -0.39 is 0 Å². The van der Waals surface area contributed by atoms with Crippen molar-refractivity contribution < 1.29 is 9.15 Å². The molecule has 0 bridgehead atoms. The number of rotatable bonds is 4. The summed E-state index contributed by atoms with van der Waals surface area (Å²) in [6.45, 7) is 0.232. The molecule has 1 heterocycles. The van der Waals surface area contributed by atoms with Gasteiger partial charge in [-0.25, -0.2) is 0 Å². The first-order chi connectivity index (χ1) is 8.72. The first-order valence-corrected chi connectivity index (χ1v) is 6.79. The quantitative estimate of drug-likeness (QED) is 0.852. The van der Waals surface area contributed by atoms with Gasteiger partial charge in [-0.2, -0.15) is 0 Å². The van der Waals surface area contributed by atoms with Gasteiger partial charge in [0.15, 0.2) is 6.61 Å². The maximum Gasteiger partial charge on any atom is 0.253 e. The average Bonchev–Trinajstić information content (AvgIpc) is 3.10. The largest absolute Gasteiger partial charge is 0.482 e. The highest BCUT2D eigenvalue weighted by Crippen LogP contribution is 2.39. The maximum absolute atomic E-state index is 6.02. The van der Waals surface area contributed by atoms with Crippen LogP contribution in [0.25, 0.3) is 0 Å². The molecule has 4 nitrogen and oxygen atoms in total. The Bertz CT molecular complexity index is 569. The topological polar surface area (TPSA) is 48.2 Å². The second-order valence-electron chi connectivity index (χ2n) is 4.17. The Morgan fingerprint density at radius 1 is 1.39 bits per heavy atom. The van der Waals surface area contributed by atoms with Gasteiger partial charge >= 0.3 is 0 Å². The Hall–Kier alpha value is -1.07. The zero-order chi connectivity index (χ0) is 12.5. The zero-order valence-electron chi connectivity index (χ0n) is 9.40. The fourth-order valence-electron chi connectivity index (χ4n) is 1.55. The van der Waals surface area contributed by atoms with E-state index in [4.69, 9.17) is 20.8 Å². The summed E-state index contributed by atoms with van der Waals surface area (Å²) in [5.74, 6) is 2.25. The van der Waals surface area contributed by atoms with Gasteiger partial charge < -0.3 is 9.15 Å². The number of hydrogen-bond donors (Lipinski definition) is 0. The van der Waals surface area contributed by atoms with Crippen LogP contribution in [-0.2, 0) is 6.61 Å². The summed E-state index contributed by atoms with van der Waals surface area (Å²) in [6.07, 6.45) is 2.28. The van der Waals surface area contributed by atoms with Crippen LogP contribution in [0.3, 0.4) is 0 Å². The van der Waals surface area contributed by atoms with Gasteiger partial charge in [-0.3, -0.25) is 0 Å². The minimum Gasteiger partial charge on any atom is -0.482 e. The van der Waals surface area contributed by atoms with Gasteiger partial charge in [-0.05, 0) is 31.0 Å². The summed E-state index contributed by atoms with van der Waals surface area (Å²) in [5, 5.41) is 8.50. The van der Waals surface area contributed by atoms with Gasteiger partial charge in [0.05, 0.1) is 5.02 Å². The van der Waals surface area contributed by atoms with E-state index >= 15 is 0 Å². The van der Waals surface area contributed by atoms with E-state index in [0.717, 1.165) is 17.3 Å². The van der Waals surface area contributed by atoms with Gasteiger partial charge in [-0.15, -0.1) is 10.2 Å². The lowest BCUT2D eigenvalue weighted by Crippen LogP contribution is -1.96. The van der Waals surface area contributed by atoms with Crippen molar-refractivity contribution in [1.29, 1.82) is 0 Å². The molecule has 0 unspecified atom stereocenters. The van der Waals surface area contributed by atoms with Gasteiger partial charge in [-0.1, -0.05) is 27.5 Å². The zero-order valence-corrected chi connectivity index (χ0v) is 11.7. The second-order valence-corrected chi connectivity index (χ2v) is 5.49. The molecule has 6 heteroatoms. The number of aromatic nitrogens is 2. The Balaban J connectivity index is 1.67. The Kier molecular flexibility index (Phi) is 3.26. The highest BCUT2D eigenvalue weighted by atomic mass is 79.9. The van der Waals surface area contributed by atoms with E-state index in [-0.39, 0.29) is 6.61 Å². The van der Waals surface area contributed by atoms with Crippen molar-refractivity contribution in [2.75, 3.05) is 0 Å². The number of halogens is 2. The Morgan fingerprint density at radius 2 is 2.22 bits per heavy atom. The average molecular weight is 330 g/mol. The lowest BCUT2D eigenvalue weighted by atomic mass is 10.3. The molecule has 0 N–H and O–H groups in total. The molecule has 1 aliphatic rings. The van der Waals surface area contributed by atoms with Crippen molar-refractivity contribution >= 4 is 27.5 Å². The molecular weight excluding hydrogens is 320 g/mol. The molecular formula is C12H10BrClN2O2. The first kappa shape index (κ1) is 12.0. The predicted octanol–water partition coefficient (Wildman–Crippen LogP) is 3.94. The number of ether oxygens (including phenoxy) is 1. The summed E-state index contributed by atoms with van der Waals surface area (Å²) in [7, 11) is 0. The third-order valence-electron chi connectivity index (χ3n) is 2.65. The van der Waals surface area contributed by atoms with Crippen LogP contribution >= 0.6 is 27.5 Å². The predicted molar refractivity (Wildman–Crippen MR) is 69.8 cm³/mol. The van der Waals surface area contributed by atoms with Crippen molar-refractivity contribution in [3.05, 3.63) is 39.5 Å². The summed E-state index contributed by atoms with van der Waals surface area (Å²) in [4.78, 5) is 0. The Labute approximate surface area is 117 Å². The molecule has 1 fully saturated rings. The molecule has 2 aromatic rings. The van der Waals surface area contributed by atoms with Crippen LogP contribution in [0.5, 0.6) is 5.75 Å². The van der Waals surface area contributed by atoms with E-state index in [1.807, 2.05) is 6.07 Å². The van der Waals surface area contributed by atoms with E-state index in [9.17, 15) is 0 Å². The van der Waals surface area contributed by atoms with Gasteiger partial charge in [0.1, 0.15) is 5.75 Å². The number of hydrogen-bond acceptors (Lipinski definition) is 4. The van der Waals surface area contributed by atoms with Gasteiger partial charge in [0.2, 0.25) is 5.89 Å². The molecule has 3 rings (SSSR count). The van der Waals surface area contributed by atoms with Crippen LogP contribution in [0, 0.1) is 0 Å². The van der Waals surface area contributed by atoms with Crippen LogP contribution < -0.4 is 4.74 Å². The lowest BCUT2D eigenvalue weighted by molar-refractivity contribution is 0.259. The Morgan fingerprint density at radius 3 is 3.00 bits per heavy atom. The molecule has 1 saturated carbocycles. The van der Waals surface area contributed by atoms with Crippen molar-refractivity contribution in [2.24, 2.45) is 0 Å². The van der Waals surface area contributed by atoms with Crippen molar-refractivity contribution in [3.8, 4) is 5.75 Å². The molecule has 18 heavy (non-hydrogen) atoms. The smallest absolute Gasteiger partial charge is 0.253 e. The molecule has 0 spiro atoms. The highest BCUT2D eigenvalue weighted by molar-refractivity contribution is 9.10. The number of nitrogens with zero attached hydrogens (tertiary/aromatic N) is 2. The molecule has 0 atom stereocenters. The van der Waals surface area contributed by atoms with E-state index in [0.29, 0.717) is 28.5 Å². The molecule has 94 valence electrons. The maximum atomic E-state index is 6.02. The third kappa shape index (κ3) is 2.67. The summed E-state index contributed by atoms with van der Waals surface area (Å²) >= 11 is 9.38. The molecule has 0 radical (unpaired) electrons. The minimum atomic E-state index is 0.232. The van der Waals surface area contributed by atoms with E-state index in [1.165, 1.54) is 0 Å². The van der Waals surface area contributed by atoms with E-state index in [1.54, 1.807) is 12.1 Å². The highest BCUT2D eigenvalue weighted by Gasteiger charge is 2.29. The van der Waals surface area contributed by atoms with Crippen LogP contribution in [0.4, 0.5) is 0 Å². The molecule has 1 aromatic heterocycles. The van der Waals surface area contributed by atoms with Crippen LogP contribution in [0.15, 0.2) is 27.1 Å². The lowest BCUT2D eigenvalue weighted by Gasteiger charge is -2.05. The molecule has 1 aromatic carbocycles. The third-order valence-corrected chi connectivity index (χ3v) is 3.46. The van der Waals surface area contributed by atoms with E-state index in [2.05, 4.69) is 26.1 Å². The summed E-state index contributed by atoms with van der Waals surface area (Å²) in [5.41, 5.74) is 0. The molecule has 0 aliphatic heterocycles. The SMILES string of the molecule is Clc1ccc(Br)cc1OCc1nnc(C2CC2)o1. The van der Waals surface area contributed by atoms with Crippen LogP contribution in [0.1, 0.15) is 30.5 Å². The standard InChI is InChI=1S/C12H10BrClN2O2/c13-8-3-4-9(14)10(5-8)17-6-11-15-16-12(18-11)7-1-2-7/h3-5,7H,1-2,6H2. The second kappa shape index (κ2) is 4.90. The minimum absolute atomic E-state index is 0.232. The number of benzene rings is 1. The van der Waals surface area contributed by atoms with Crippen LogP contribution in [-0.4, -0.2) is 10.2 Å². The van der Waals surface area contributed by atoms with Crippen molar-refractivity contribution in [2.45, 2.75) is 25.4 Å². The summed E-state index contributed by atoms with van der Waals surface area (Å²) < 4.78 is 12.0. The normalized spacial score (nSPS) is 14.8. The van der Waals surface area contributed by atoms with Gasteiger partial charge in [0.25, 0.3) is 5.89 Å². The molecule has 0 amide bonds. The van der Waals surface area contributed by atoms with Gasteiger partial charge in [0, 0.05) is 10.4 Å². The van der Waals surface area contributed by atoms with Crippen molar-refractivity contribution in [3.63, 3.8) is 0 Å². The van der Waals surface area contributed by atoms with Crippen molar-refractivity contribution in [1.82, 2.24) is 10.2 Å². The van der Waals surface area contributed by atoms with Crippen LogP contribution in [0.2, 0.25) is 5.02 Å². The fraction of sp³-hybridized carbons (Fsp3) is 0.333. The monoisotopic (exact) mass is 328 g/mol. The first-order valence-electron chi connectivity index (χ1n) is 5.62. The summed E-state index contributed by atoms with van der Waals surface area (Å²) in [6, 6.07) is 5.43. The molecule has 0 saturated heterocycles. The molecule has 1 aliphatic carbocycles. The fourth-order valence-corrected chi connectivity index (χ4v) is 2.06.